The van der Waals surface area contributed by atoms with Crippen LogP contribution in [0.1, 0.15) is 69.0 Å². The molecule has 328 valence electrons. The number of methoxy groups -OCH3 is 3. The number of carbonyl (C=O) groups is 1. The zero-order chi connectivity index (χ0) is 44.5. The summed E-state index contributed by atoms with van der Waals surface area (Å²) in [5, 5.41) is 11.6. The van der Waals surface area contributed by atoms with Crippen LogP contribution in [0.25, 0.3) is 27.9 Å². The van der Waals surface area contributed by atoms with Crippen molar-refractivity contribution < 1.29 is 37.5 Å². The van der Waals surface area contributed by atoms with Gasteiger partial charge in [-0.15, -0.1) is 0 Å². The smallest absolute Gasteiger partial charge is 0.330 e. The molecule has 4 atom stereocenters. The topological polar surface area (TPSA) is 114 Å². The lowest BCUT2D eigenvalue weighted by Gasteiger charge is -2.39. The minimum absolute atomic E-state index is 0.0988. The van der Waals surface area contributed by atoms with Crippen molar-refractivity contribution in [2.24, 2.45) is 0 Å². The maximum Gasteiger partial charge on any atom is 0.330 e. The molecule has 0 radical (unpaired) electrons. The fourth-order valence-corrected chi connectivity index (χ4v) is 10.2. The maximum atomic E-state index is 12.0. The second-order valence-corrected chi connectivity index (χ2v) is 17.3. The van der Waals surface area contributed by atoms with E-state index in [9.17, 15) is 10.1 Å². The number of rotatable bonds is 19. The molecule has 0 N–H and O–H groups in total. The Morgan fingerprint density at radius 3 is 2.03 bits per heavy atom. The molecule has 0 amide bonds. The van der Waals surface area contributed by atoms with Gasteiger partial charge in [-0.1, -0.05) is 78.9 Å². The Morgan fingerprint density at radius 2 is 1.43 bits per heavy atom. The zero-order valence-electron chi connectivity index (χ0n) is 37.0. The highest BCUT2D eigenvalue weighted by molar-refractivity contribution is 7.44. The average molecular weight is 870 g/mol. The largest absolute Gasteiger partial charge is 0.497 e. The minimum Gasteiger partial charge on any atom is -0.497 e. The quantitative estimate of drug-likeness (QED) is 0.0256. The highest BCUT2D eigenvalue weighted by Gasteiger charge is 2.45. The number of hydrogen-bond acceptors (Lipinski definition) is 10. The molecular formula is C51H56N3O8P. The second kappa shape index (κ2) is 20.7. The van der Waals surface area contributed by atoms with E-state index < -0.39 is 38.5 Å². The second-order valence-electron chi connectivity index (χ2n) is 15.9. The van der Waals surface area contributed by atoms with Gasteiger partial charge >= 0.3 is 5.97 Å². The molecule has 0 aliphatic carbocycles. The van der Waals surface area contributed by atoms with Gasteiger partial charge in [0, 0.05) is 35.4 Å². The maximum absolute atomic E-state index is 12.0. The van der Waals surface area contributed by atoms with E-state index in [1.54, 1.807) is 20.3 Å². The number of fused-ring (bicyclic) bond motifs is 3. The first-order valence-corrected chi connectivity index (χ1v) is 22.4. The molecule has 5 aromatic carbocycles. The standard InChI is InChI=1S/C51H56N3O8P/c1-35(2)54(36(3)4)63(60-31-13-30-52)62-47-33-49(53-45-17-12-11-16-43(45)44-32-37(18-28-46(44)53)19-29-50(55)58-7)61-48(47)34-59-51(38-14-9-8-10-15-38,39-20-24-41(56-5)25-21-39)40-22-26-42(57-6)27-23-40/h8-12,14-29,32,35-36,47-49H,13,31,33-34H2,1-7H3/b29-19+/t47?,48-,49-,63?/m1/s1. The summed E-state index contributed by atoms with van der Waals surface area (Å²) < 4.78 is 48.9. The number of hydrogen-bond donors (Lipinski definition) is 0. The first-order valence-electron chi connectivity index (χ1n) is 21.3. The van der Waals surface area contributed by atoms with Gasteiger partial charge in [-0.2, -0.15) is 5.26 Å². The molecule has 2 heterocycles. The Morgan fingerprint density at radius 1 is 0.825 bits per heavy atom. The van der Waals surface area contributed by atoms with Crippen LogP contribution in [-0.2, 0) is 33.7 Å². The summed E-state index contributed by atoms with van der Waals surface area (Å²) in [6.07, 6.45) is 2.40. The van der Waals surface area contributed by atoms with Gasteiger partial charge in [-0.25, -0.2) is 9.46 Å². The monoisotopic (exact) mass is 869 g/mol. The third kappa shape index (κ3) is 9.83. The lowest BCUT2D eigenvalue weighted by atomic mass is 9.80. The van der Waals surface area contributed by atoms with Crippen molar-refractivity contribution in [2.45, 2.75) is 76.7 Å². The summed E-state index contributed by atoms with van der Waals surface area (Å²) in [6.45, 7) is 8.90. The highest BCUT2D eigenvalue weighted by atomic mass is 31.2. The van der Waals surface area contributed by atoms with Crippen molar-refractivity contribution in [1.29, 1.82) is 5.26 Å². The van der Waals surface area contributed by atoms with Gasteiger partial charge < -0.3 is 37.3 Å². The molecule has 0 spiro atoms. The van der Waals surface area contributed by atoms with Crippen LogP contribution in [0.15, 0.2) is 127 Å². The van der Waals surface area contributed by atoms with Gasteiger partial charge in [0.1, 0.15) is 29.4 Å². The Bertz CT molecular complexity index is 2460. The number of nitrogens with zero attached hydrogens (tertiary/aromatic N) is 3. The van der Waals surface area contributed by atoms with E-state index in [1.165, 1.54) is 13.2 Å². The first kappa shape index (κ1) is 45.5. The van der Waals surface area contributed by atoms with Crippen LogP contribution < -0.4 is 9.47 Å². The molecule has 7 rings (SSSR count). The number of nitriles is 1. The molecule has 1 aliphatic rings. The SMILES string of the molecule is COC(=O)/C=C/c1ccc2c(c1)c1ccccc1n2[C@H]1CC(OP(OCCC#N)N(C(C)C)C(C)C)[C@@H](COC(c2ccccc2)(c2ccc(OC)cc2)c2ccc(OC)cc2)O1. The van der Waals surface area contributed by atoms with Crippen LogP contribution in [-0.4, -0.2) is 74.0 Å². The molecule has 1 aromatic heterocycles. The van der Waals surface area contributed by atoms with Crippen LogP contribution in [0.3, 0.4) is 0 Å². The highest BCUT2D eigenvalue weighted by Crippen LogP contribution is 2.51. The molecule has 12 heteroatoms. The predicted octanol–water partition coefficient (Wildman–Crippen LogP) is 11.0. The minimum atomic E-state index is -1.63. The lowest BCUT2D eigenvalue weighted by Crippen LogP contribution is -2.39. The summed E-state index contributed by atoms with van der Waals surface area (Å²) >= 11 is 0. The summed E-state index contributed by atoms with van der Waals surface area (Å²) in [7, 11) is 3.05. The molecule has 1 fully saturated rings. The van der Waals surface area contributed by atoms with Crippen LogP contribution in [0.2, 0.25) is 0 Å². The number of para-hydroxylation sites is 1. The fraction of sp³-hybridized carbons (Fsp3) is 0.333. The van der Waals surface area contributed by atoms with Crippen molar-refractivity contribution in [3.05, 3.63) is 150 Å². The average Bonchev–Trinajstić information content (AvgIpc) is 3.86. The lowest BCUT2D eigenvalue weighted by molar-refractivity contribution is -0.134. The first-order chi connectivity index (χ1) is 30.6. The van der Waals surface area contributed by atoms with Gasteiger partial charge in [0.2, 0.25) is 0 Å². The summed E-state index contributed by atoms with van der Waals surface area (Å²) in [5.41, 5.74) is 4.49. The van der Waals surface area contributed by atoms with Gasteiger partial charge in [0.25, 0.3) is 8.53 Å². The number of benzene rings is 5. The fourth-order valence-electron chi connectivity index (χ4n) is 8.48. The summed E-state index contributed by atoms with van der Waals surface area (Å²) in [6, 6.07) is 43.0. The number of aromatic nitrogens is 1. The van der Waals surface area contributed by atoms with E-state index in [4.69, 9.17) is 32.7 Å². The van der Waals surface area contributed by atoms with E-state index in [0.29, 0.717) is 6.42 Å². The molecule has 0 bridgehead atoms. The van der Waals surface area contributed by atoms with Crippen LogP contribution in [0.5, 0.6) is 11.5 Å². The summed E-state index contributed by atoms with van der Waals surface area (Å²) in [4.78, 5) is 12.0. The molecule has 6 aromatic rings. The molecular weight excluding hydrogens is 814 g/mol. The van der Waals surface area contributed by atoms with E-state index in [0.717, 1.165) is 55.6 Å². The molecule has 1 aliphatic heterocycles. The van der Waals surface area contributed by atoms with Crippen LogP contribution in [0, 0.1) is 11.3 Å². The third-order valence-electron chi connectivity index (χ3n) is 11.3. The van der Waals surface area contributed by atoms with Crippen molar-refractivity contribution in [3.63, 3.8) is 0 Å². The van der Waals surface area contributed by atoms with Crippen molar-refractivity contribution in [2.75, 3.05) is 34.5 Å². The Kier molecular flexibility index (Phi) is 15.0. The molecule has 63 heavy (non-hydrogen) atoms. The summed E-state index contributed by atoms with van der Waals surface area (Å²) in [5.74, 6) is 1.04. The van der Waals surface area contributed by atoms with E-state index in [1.807, 2.05) is 84.9 Å². The molecule has 11 nitrogen and oxygen atoms in total. The van der Waals surface area contributed by atoms with Gasteiger partial charge in [0.05, 0.1) is 64.2 Å². The number of ether oxygens (including phenoxy) is 5. The van der Waals surface area contributed by atoms with Gasteiger partial charge in [-0.05, 0) is 98.5 Å². The molecule has 2 unspecified atom stereocenters. The van der Waals surface area contributed by atoms with Crippen molar-refractivity contribution in [1.82, 2.24) is 9.24 Å². The van der Waals surface area contributed by atoms with Crippen LogP contribution >= 0.6 is 8.53 Å². The molecule has 0 saturated carbocycles. The Labute approximate surface area is 371 Å². The van der Waals surface area contributed by atoms with Gasteiger partial charge in [-0.3, -0.25) is 0 Å². The van der Waals surface area contributed by atoms with E-state index >= 15 is 0 Å². The van der Waals surface area contributed by atoms with E-state index in [-0.39, 0.29) is 31.7 Å². The van der Waals surface area contributed by atoms with Crippen molar-refractivity contribution >= 4 is 42.4 Å². The molecule has 1 saturated heterocycles. The Balaban J connectivity index is 1.35. The van der Waals surface area contributed by atoms with E-state index in [2.05, 4.69) is 79.4 Å². The van der Waals surface area contributed by atoms with Crippen molar-refractivity contribution in [3.8, 4) is 17.6 Å². The van der Waals surface area contributed by atoms with Gasteiger partial charge in [0.15, 0.2) is 0 Å². The normalized spacial score (nSPS) is 17.3. The zero-order valence-corrected chi connectivity index (χ0v) is 37.9. The predicted molar refractivity (Wildman–Crippen MR) is 247 cm³/mol. The van der Waals surface area contributed by atoms with Crippen LogP contribution in [0.4, 0.5) is 0 Å². The third-order valence-corrected chi connectivity index (χ3v) is 13.5. The number of esters is 1. The number of carbonyl (C=O) groups excluding carboxylic acids is 1. The Hall–Kier alpha value is -5.57.